The molecule has 88 valence electrons. The summed E-state index contributed by atoms with van der Waals surface area (Å²) in [4.78, 5) is 15.9. The lowest BCUT2D eigenvalue weighted by Crippen LogP contribution is -2.56. The minimum atomic E-state index is 0.281. The molecule has 4 heteroatoms. The van der Waals surface area contributed by atoms with Gasteiger partial charge in [0.05, 0.1) is 0 Å². The summed E-state index contributed by atoms with van der Waals surface area (Å²) < 4.78 is 0. The molecular weight excluding hydrogens is 190 g/mol. The van der Waals surface area contributed by atoms with Crippen LogP contribution in [0.3, 0.4) is 0 Å². The van der Waals surface area contributed by atoms with Crippen molar-refractivity contribution < 1.29 is 4.79 Å². The van der Waals surface area contributed by atoms with E-state index in [1.807, 2.05) is 23.9 Å². The maximum absolute atomic E-state index is 11.9. The molecule has 1 rings (SSSR count). The van der Waals surface area contributed by atoms with Crippen molar-refractivity contribution in [2.75, 3.05) is 33.7 Å². The number of carbonyl (C=O) groups is 1. The van der Waals surface area contributed by atoms with E-state index in [4.69, 9.17) is 0 Å². The van der Waals surface area contributed by atoms with Gasteiger partial charge in [0.15, 0.2) is 0 Å². The molecule has 1 heterocycles. The number of nitrogens with one attached hydrogen (secondary N) is 1. The highest BCUT2D eigenvalue weighted by molar-refractivity contribution is 5.76. The van der Waals surface area contributed by atoms with Crippen LogP contribution in [0.2, 0.25) is 0 Å². The summed E-state index contributed by atoms with van der Waals surface area (Å²) in [5.41, 5.74) is 0. The number of hydrogen-bond acceptors (Lipinski definition) is 3. The summed E-state index contributed by atoms with van der Waals surface area (Å²) in [6, 6.07) is 0.828. The van der Waals surface area contributed by atoms with Crippen molar-refractivity contribution in [3.63, 3.8) is 0 Å². The van der Waals surface area contributed by atoms with E-state index in [2.05, 4.69) is 19.2 Å². The van der Waals surface area contributed by atoms with Crippen molar-refractivity contribution in [3.8, 4) is 0 Å². The molecule has 1 aliphatic heterocycles. The highest BCUT2D eigenvalue weighted by atomic mass is 16.2. The quantitative estimate of drug-likeness (QED) is 0.725. The fourth-order valence-electron chi connectivity index (χ4n) is 2.01. The maximum atomic E-state index is 11.9. The summed E-state index contributed by atoms with van der Waals surface area (Å²) in [6.45, 7) is 6.78. The lowest BCUT2D eigenvalue weighted by Gasteiger charge is -2.36. The first kappa shape index (κ1) is 12.5. The summed E-state index contributed by atoms with van der Waals surface area (Å²) >= 11 is 0. The molecule has 1 aliphatic rings. The molecule has 2 unspecified atom stereocenters. The fourth-order valence-corrected chi connectivity index (χ4v) is 2.01. The molecule has 1 N–H and O–H groups in total. The van der Waals surface area contributed by atoms with E-state index >= 15 is 0 Å². The van der Waals surface area contributed by atoms with Gasteiger partial charge in [0.25, 0.3) is 0 Å². The summed E-state index contributed by atoms with van der Waals surface area (Å²) in [5, 5.41) is 3.42. The van der Waals surface area contributed by atoms with E-state index < -0.39 is 0 Å². The third kappa shape index (κ3) is 4.18. The molecule has 0 aromatic heterocycles. The molecule has 1 fully saturated rings. The van der Waals surface area contributed by atoms with Crippen molar-refractivity contribution in [1.82, 2.24) is 15.1 Å². The Morgan fingerprint density at radius 3 is 2.33 bits per heavy atom. The van der Waals surface area contributed by atoms with Crippen LogP contribution in [0.5, 0.6) is 0 Å². The smallest absolute Gasteiger partial charge is 0.223 e. The molecule has 1 saturated heterocycles. The van der Waals surface area contributed by atoms with E-state index in [0.717, 1.165) is 19.6 Å². The van der Waals surface area contributed by atoms with Crippen molar-refractivity contribution in [2.24, 2.45) is 0 Å². The van der Waals surface area contributed by atoms with Crippen LogP contribution < -0.4 is 5.32 Å². The van der Waals surface area contributed by atoms with Crippen molar-refractivity contribution in [3.05, 3.63) is 0 Å². The minimum absolute atomic E-state index is 0.281. The largest absolute Gasteiger partial charge is 0.340 e. The molecule has 15 heavy (non-hydrogen) atoms. The van der Waals surface area contributed by atoms with Crippen LogP contribution in [-0.4, -0.2) is 61.5 Å². The number of hydrogen-bond donors (Lipinski definition) is 1. The first-order chi connectivity index (χ1) is 6.99. The SMILES string of the molecule is CC1CN(C(=O)CCN(C)C)CC(C)N1. The van der Waals surface area contributed by atoms with Crippen LogP contribution >= 0.6 is 0 Å². The van der Waals surface area contributed by atoms with E-state index in [9.17, 15) is 4.79 Å². The Labute approximate surface area is 92.6 Å². The zero-order chi connectivity index (χ0) is 11.4. The van der Waals surface area contributed by atoms with Gasteiger partial charge in [0, 0.05) is 38.1 Å². The zero-order valence-corrected chi connectivity index (χ0v) is 10.3. The van der Waals surface area contributed by atoms with Crippen molar-refractivity contribution in [2.45, 2.75) is 32.4 Å². The lowest BCUT2D eigenvalue weighted by atomic mass is 10.1. The van der Waals surface area contributed by atoms with Gasteiger partial charge in [-0.2, -0.15) is 0 Å². The monoisotopic (exact) mass is 213 g/mol. The van der Waals surface area contributed by atoms with Gasteiger partial charge < -0.3 is 15.1 Å². The number of nitrogens with zero attached hydrogens (tertiary/aromatic N) is 2. The van der Waals surface area contributed by atoms with Crippen LogP contribution in [-0.2, 0) is 4.79 Å². The van der Waals surface area contributed by atoms with Crippen LogP contribution in [0.15, 0.2) is 0 Å². The molecule has 0 radical (unpaired) electrons. The fraction of sp³-hybridized carbons (Fsp3) is 0.909. The maximum Gasteiger partial charge on any atom is 0.223 e. The van der Waals surface area contributed by atoms with Crippen LogP contribution in [0.4, 0.5) is 0 Å². The highest BCUT2D eigenvalue weighted by Gasteiger charge is 2.24. The lowest BCUT2D eigenvalue weighted by molar-refractivity contribution is -0.133. The Morgan fingerprint density at radius 1 is 1.33 bits per heavy atom. The number of carbonyl (C=O) groups excluding carboxylic acids is 1. The Kier molecular flexibility index (Phi) is 4.54. The van der Waals surface area contributed by atoms with Crippen molar-refractivity contribution in [1.29, 1.82) is 0 Å². The van der Waals surface area contributed by atoms with Gasteiger partial charge in [-0.05, 0) is 27.9 Å². The molecule has 2 atom stereocenters. The van der Waals surface area contributed by atoms with Gasteiger partial charge in [-0.15, -0.1) is 0 Å². The summed E-state index contributed by atoms with van der Waals surface area (Å²) in [7, 11) is 3.99. The third-order valence-corrected chi connectivity index (χ3v) is 2.68. The predicted molar refractivity (Wildman–Crippen MR) is 61.8 cm³/mol. The first-order valence-electron chi connectivity index (χ1n) is 5.67. The molecule has 0 aromatic rings. The van der Waals surface area contributed by atoms with Gasteiger partial charge in [-0.1, -0.05) is 0 Å². The molecule has 0 aliphatic carbocycles. The van der Waals surface area contributed by atoms with Gasteiger partial charge in [0.2, 0.25) is 5.91 Å². The zero-order valence-electron chi connectivity index (χ0n) is 10.3. The highest BCUT2D eigenvalue weighted by Crippen LogP contribution is 2.06. The second kappa shape index (κ2) is 5.47. The number of rotatable bonds is 3. The molecule has 0 aromatic carbocycles. The molecule has 4 nitrogen and oxygen atoms in total. The van der Waals surface area contributed by atoms with Crippen LogP contribution in [0.1, 0.15) is 20.3 Å². The molecule has 0 spiro atoms. The summed E-state index contributed by atoms with van der Waals surface area (Å²) in [5.74, 6) is 0.281. The number of piperazine rings is 1. The molecule has 0 bridgehead atoms. The topological polar surface area (TPSA) is 35.6 Å². The van der Waals surface area contributed by atoms with Gasteiger partial charge in [-0.3, -0.25) is 4.79 Å². The van der Waals surface area contributed by atoms with E-state index in [-0.39, 0.29) is 5.91 Å². The average molecular weight is 213 g/mol. The Bertz CT molecular complexity index is 208. The Hall–Kier alpha value is -0.610. The van der Waals surface area contributed by atoms with Crippen LogP contribution in [0.25, 0.3) is 0 Å². The number of amides is 1. The Balaban J connectivity index is 2.38. The van der Waals surface area contributed by atoms with Crippen molar-refractivity contribution >= 4 is 5.91 Å². The average Bonchev–Trinajstić information content (AvgIpc) is 2.12. The predicted octanol–water partition coefficient (Wildman–Crippen LogP) is 0.147. The molecule has 1 amide bonds. The second-order valence-electron chi connectivity index (χ2n) is 4.82. The second-order valence-corrected chi connectivity index (χ2v) is 4.82. The van der Waals surface area contributed by atoms with Gasteiger partial charge >= 0.3 is 0 Å². The first-order valence-corrected chi connectivity index (χ1v) is 5.67. The van der Waals surface area contributed by atoms with E-state index in [1.54, 1.807) is 0 Å². The van der Waals surface area contributed by atoms with E-state index in [1.165, 1.54) is 0 Å². The van der Waals surface area contributed by atoms with Gasteiger partial charge in [-0.25, -0.2) is 0 Å². The van der Waals surface area contributed by atoms with E-state index in [0.29, 0.717) is 18.5 Å². The summed E-state index contributed by atoms with van der Waals surface area (Å²) in [6.07, 6.45) is 0.631. The Morgan fingerprint density at radius 2 is 1.87 bits per heavy atom. The molecule has 0 saturated carbocycles. The molecular formula is C11H23N3O. The normalized spacial score (nSPS) is 27.1. The van der Waals surface area contributed by atoms with Gasteiger partial charge in [0.1, 0.15) is 0 Å². The third-order valence-electron chi connectivity index (χ3n) is 2.68. The standard InChI is InChI=1S/C11H23N3O/c1-9-7-14(8-10(2)12-9)11(15)5-6-13(3)4/h9-10,12H,5-8H2,1-4H3. The minimum Gasteiger partial charge on any atom is -0.340 e. The van der Waals surface area contributed by atoms with Crippen LogP contribution in [0, 0.1) is 0 Å².